The van der Waals surface area contributed by atoms with Crippen LogP contribution in [0.2, 0.25) is 0 Å². The first-order valence-electron chi connectivity index (χ1n) is 18.0. The Morgan fingerprint density at radius 2 is 0.549 bits per heavy atom. The molecule has 0 bridgehead atoms. The molecular weight excluding hydrogens is 619 g/mol. The van der Waals surface area contributed by atoms with E-state index in [-0.39, 0.29) is 16.2 Å². The first kappa shape index (κ1) is 30.2. The zero-order valence-electron chi connectivity index (χ0n) is 30.0. The van der Waals surface area contributed by atoms with Gasteiger partial charge in [0, 0.05) is 32.9 Å². The van der Waals surface area contributed by atoms with Crippen LogP contribution in [0.25, 0.3) is 67.5 Å². The lowest BCUT2D eigenvalue weighted by atomic mass is 9.82. The highest BCUT2D eigenvalue weighted by Crippen LogP contribution is 2.52. The summed E-state index contributed by atoms with van der Waals surface area (Å²) in [5.74, 6) is 2.07. The molecule has 0 fully saturated rings. The standard InChI is InChI=1S/C48H39N3/c1-46(2)37-16-10-7-13-31(37)34-22-19-28(25-40(34)46)43-49-44(29-20-23-35-32-14-8-11-17-38(32)47(3,4)41(35)26-29)51-45(50-43)30-21-24-36-33-15-9-12-18-39(33)48(5,6)42(36)27-30/h7-27H,1-6H3. The summed E-state index contributed by atoms with van der Waals surface area (Å²) < 4.78 is 0. The van der Waals surface area contributed by atoms with Gasteiger partial charge in [0.25, 0.3) is 0 Å². The van der Waals surface area contributed by atoms with Crippen molar-refractivity contribution in [2.24, 2.45) is 0 Å². The summed E-state index contributed by atoms with van der Waals surface area (Å²) in [6, 6.07) is 46.6. The minimum absolute atomic E-state index is 0.123. The molecule has 51 heavy (non-hydrogen) atoms. The van der Waals surface area contributed by atoms with Gasteiger partial charge in [0.2, 0.25) is 0 Å². The Kier molecular flexibility index (Phi) is 6.04. The largest absolute Gasteiger partial charge is 0.208 e. The van der Waals surface area contributed by atoms with Crippen LogP contribution in [0.15, 0.2) is 127 Å². The van der Waals surface area contributed by atoms with Crippen LogP contribution in [0.1, 0.15) is 74.9 Å². The molecule has 3 nitrogen and oxygen atoms in total. The van der Waals surface area contributed by atoms with Crippen molar-refractivity contribution >= 4 is 0 Å². The molecule has 0 aliphatic heterocycles. The van der Waals surface area contributed by atoms with E-state index in [2.05, 4.69) is 169 Å². The normalized spacial score (nSPS) is 16.1. The number of nitrogens with zero attached hydrogens (tertiary/aromatic N) is 3. The summed E-state index contributed by atoms with van der Waals surface area (Å²) in [6.45, 7) is 13.9. The fourth-order valence-corrected chi connectivity index (χ4v) is 9.29. The van der Waals surface area contributed by atoms with Crippen LogP contribution in [0.5, 0.6) is 0 Å². The van der Waals surface area contributed by atoms with Crippen molar-refractivity contribution in [1.29, 1.82) is 0 Å². The maximum absolute atomic E-state index is 5.26. The highest BCUT2D eigenvalue weighted by molar-refractivity contribution is 5.86. The Morgan fingerprint density at radius 1 is 0.294 bits per heavy atom. The molecule has 0 N–H and O–H groups in total. The summed E-state index contributed by atoms with van der Waals surface area (Å²) in [4.78, 5) is 15.8. The smallest absolute Gasteiger partial charge is 0.164 e. The van der Waals surface area contributed by atoms with E-state index in [9.17, 15) is 0 Å². The van der Waals surface area contributed by atoms with Gasteiger partial charge in [-0.2, -0.15) is 0 Å². The number of benzene rings is 6. The summed E-state index contributed by atoms with van der Waals surface area (Å²) in [5.41, 5.74) is 18.4. The van der Waals surface area contributed by atoms with Crippen LogP contribution in [-0.4, -0.2) is 15.0 Å². The second kappa shape index (κ2) is 10.2. The third kappa shape index (κ3) is 4.15. The van der Waals surface area contributed by atoms with Gasteiger partial charge in [0.15, 0.2) is 17.5 Å². The third-order valence-electron chi connectivity index (χ3n) is 12.2. The Labute approximate surface area is 300 Å². The molecule has 3 aliphatic rings. The molecule has 1 heterocycles. The lowest BCUT2D eigenvalue weighted by molar-refractivity contribution is 0.660. The molecule has 3 aliphatic carbocycles. The van der Waals surface area contributed by atoms with Crippen LogP contribution in [0, 0.1) is 0 Å². The Morgan fingerprint density at radius 3 is 0.843 bits per heavy atom. The molecule has 0 amide bonds. The van der Waals surface area contributed by atoms with Gasteiger partial charge < -0.3 is 0 Å². The Bertz CT molecular complexity index is 2320. The SMILES string of the molecule is CC1(C)c2ccccc2-c2ccc(-c3nc(-c4ccc5c(c4)C(C)(C)c4ccccc4-5)nc(-c4ccc5c(c4)C(C)(C)c4ccccc4-5)n3)cc21. The van der Waals surface area contributed by atoms with Crippen LogP contribution < -0.4 is 0 Å². The van der Waals surface area contributed by atoms with Crippen LogP contribution in [-0.2, 0) is 16.2 Å². The fraction of sp³-hybridized carbons (Fsp3) is 0.188. The zero-order valence-corrected chi connectivity index (χ0v) is 30.0. The molecule has 0 saturated carbocycles. The first-order valence-corrected chi connectivity index (χ1v) is 18.0. The molecule has 1 aromatic heterocycles. The number of hydrogen-bond donors (Lipinski definition) is 0. The van der Waals surface area contributed by atoms with E-state index in [1.165, 1.54) is 66.8 Å². The van der Waals surface area contributed by atoms with Crippen molar-refractivity contribution in [1.82, 2.24) is 15.0 Å². The van der Waals surface area contributed by atoms with Crippen LogP contribution in [0.4, 0.5) is 0 Å². The van der Waals surface area contributed by atoms with Gasteiger partial charge in [-0.05, 0) is 85.0 Å². The second-order valence-corrected chi connectivity index (χ2v) is 16.1. The lowest BCUT2D eigenvalue weighted by Gasteiger charge is -2.22. The van der Waals surface area contributed by atoms with Gasteiger partial charge >= 0.3 is 0 Å². The molecular formula is C48H39N3. The molecule has 0 atom stereocenters. The van der Waals surface area contributed by atoms with E-state index in [0.717, 1.165) is 16.7 Å². The van der Waals surface area contributed by atoms with Crippen molar-refractivity contribution in [2.45, 2.75) is 57.8 Å². The second-order valence-electron chi connectivity index (χ2n) is 16.1. The first-order chi connectivity index (χ1) is 24.5. The molecule has 0 saturated heterocycles. The Balaban J connectivity index is 1.16. The molecule has 0 unspecified atom stereocenters. The average Bonchev–Trinajstić information content (AvgIpc) is 3.64. The van der Waals surface area contributed by atoms with Gasteiger partial charge in [0.05, 0.1) is 0 Å². The van der Waals surface area contributed by atoms with E-state index < -0.39 is 0 Å². The van der Waals surface area contributed by atoms with E-state index in [1.807, 2.05) is 0 Å². The molecule has 10 rings (SSSR count). The van der Waals surface area contributed by atoms with Crippen molar-refractivity contribution < 1.29 is 0 Å². The van der Waals surface area contributed by atoms with E-state index in [4.69, 9.17) is 15.0 Å². The van der Waals surface area contributed by atoms with Gasteiger partial charge in [0.1, 0.15) is 0 Å². The molecule has 0 radical (unpaired) electrons. The Hall–Kier alpha value is -5.67. The summed E-state index contributed by atoms with van der Waals surface area (Å²) in [6.07, 6.45) is 0. The van der Waals surface area contributed by atoms with Gasteiger partial charge in [-0.1, -0.05) is 151 Å². The van der Waals surface area contributed by atoms with Crippen LogP contribution in [0.3, 0.4) is 0 Å². The lowest BCUT2D eigenvalue weighted by Crippen LogP contribution is -2.15. The zero-order chi connectivity index (χ0) is 34.9. The molecule has 3 heteroatoms. The van der Waals surface area contributed by atoms with Crippen molar-refractivity contribution in [2.75, 3.05) is 0 Å². The molecule has 6 aromatic carbocycles. The molecule has 246 valence electrons. The highest BCUT2D eigenvalue weighted by atomic mass is 15.0. The molecule has 7 aromatic rings. The van der Waals surface area contributed by atoms with Gasteiger partial charge in [-0.3, -0.25) is 0 Å². The topological polar surface area (TPSA) is 38.7 Å². The van der Waals surface area contributed by atoms with Crippen molar-refractivity contribution in [3.05, 3.63) is 161 Å². The predicted octanol–water partition coefficient (Wildman–Crippen LogP) is 11.8. The fourth-order valence-electron chi connectivity index (χ4n) is 9.29. The predicted molar refractivity (Wildman–Crippen MR) is 209 cm³/mol. The monoisotopic (exact) mass is 657 g/mol. The maximum Gasteiger partial charge on any atom is 0.164 e. The minimum atomic E-state index is -0.123. The van der Waals surface area contributed by atoms with Crippen molar-refractivity contribution in [3.63, 3.8) is 0 Å². The highest BCUT2D eigenvalue weighted by Gasteiger charge is 2.38. The summed E-state index contributed by atoms with van der Waals surface area (Å²) in [5, 5.41) is 0. The maximum atomic E-state index is 5.26. The minimum Gasteiger partial charge on any atom is -0.208 e. The van der Waals surface area contributed by atoms with E-state index in [0.29, 0.717) is 17.5 Å². The number of hydrogen-bond acceptors (Lipinski definition) is 3. The van der Waals surface area contributed by atoms with E-state index >= 15 is 0 Å². The average molecular weight is 658 g/mol. The van der Waals surface area contributed by atoms with Crippen molar-refractivity contribution in [3.8, 4) is 67.5 Å². The number of aromatic nitrogens is 3. The third-order valence-corrected chi connectivity index (χ3v) is 12.2. The molecule has 0 spiro atoms. The van der Waals surface area contributed by atoms with Gasteiger partial charge in [-0.25, -0.2) is 15.0 Å². The number of fused-ring (bicyclic) bond motifs is 9. The quantitative estimate of drug-likeness (QED) is 0.190. The van der Waals surface area contributed by atoms with E-state index in [1.54, 1.807) is 0 Å². The number of rotatable bonds is 3. The summed E-state index contributed by atoms with van der Waals surface area (Å²) >= 11 is 0. The summed E-state index contributed by atoms with van der Waals surface area (Å²) in [7, 11) is 0. The van der Waals surface area contributed by atoms with Gasteiger partial charge in [-0.15, -0.1) is 0 Å². The van der Waals surface area contributed by atoms with Crippen LogP contribution >= 0.6 is 0 Å².